The second kappa shape index (κ2) is 1.48. The Morgan fingerprint density at radius 2 is 2.11 bits per heavy atom. The first-order chi connectivity index (χ1) is 4.47. The molecule has 0 atom stereocenters. The second-order valence-electron chi connectivity index (χ2n) is 1.46. The fourth-order valence-electron chi connectivity index (χ4n) is 0.549. The van der Waals surface area contributed by atoms with Crippen LogP contribution in [0, 0.1) is 0 Å². The van der Waals surface area contributed by atoms with Crippen LogP contribution in [0.5, 0.6) is 0 Å². The first-order valence-electron chi connectivity index (χ1n) is 2.36. The summed E-state index contributed by atoms with van der Waals surface area (Å²) in [5.41, 5.74) is 0.815. The molecule has 2 rings (SSSR count). The first kappa shape index (κ1) is 4.37. The minimum absolute atomic E-state index is 0.373. The Hall–Kier alpha value is -1.52. The number of fused-ring (bicyclic) bond motifs is 1. The minimum atomic E-state index is 0.373. The molecule has 0 unspecified atom stereocenters. The first-order valence-corrected chi connectivity index (χ1v) is 2.36. The highest BCUT2D eigenvalue weighted by atomic mass is 16.5. The number of hydrogen-bond acceptors (Lipinski definition) is 5. The maximum absolute atomic E-state index is 4.58. The summed E-state index contributed by atoms with van der Waals surface area (Å²) in [6, 6.07) is 0. The molecule has 0 N–H and O–H groups in total. The van der Waals surface area contributed by atoms with Crippen molar-refractivity contribution in [3.63, 3.8) is 0 Å². The van der Waals surface area contributed by atoms with Crippen LogP contribution in [0.3, 0.4) is 0 Å². The third kappa shape index (κ3) is 0.543. The van der Waals surface area contributed by atoms with Gasteiger partial charge in [0.15, 0.2) is 0 Å². The van der Waals surface area contributed by atoms with Crippen molar-refractivity contribution < 1.29 is 4.52 Å². The lowest BCUT2D eigenvalue weighted by Crippen LogP contribution is -1.76. The van der Waals surface area contributed by atoms with Gasteiger partial charge in [0, 0.05) is 17.7 Å². The summed E-state index contributed by atoms with van der Waals surface area (Å²) in [7, 11) is 0. The average Bonchev–Trinajstić information content (AvgIpc) is 2.33. The predicted octanol–water partition coefficient (Wildman–Crippen LogP) is 0.0128. The lowest BCUT2D eigenvalue weighted by atomic mass is 10.7. The Balaban J connectivity index is 2.95. The Bertz CT molecular complexity index is 287. The van der Waals surface area contributed by atoms with Gasteiger partial charge in [0.2, 0.25) is 5.65 Å². The highest BCUT2D eigenvalue weighted by Gasteiger charge is 1.97. The Labute approximate surface area is 49.7 Å². The zero-order chi connectivity index (χ0) is 6.10. The quantitative estimate of drug-likeness (QED) is 0.492. The van der Waals surface area contributed by atoms with Crippen LogP contribution in [-0.4, -0.2) is 20.3 Å². The van der Waals surface area contributed by atoms with Gasteiger partial charge >= 0.3 is 0 Å². The van der Waals surface area contributed by atoms with Crippen molar-refractivity contribution in [2.24, 2.45) is 0 Å². The molecule has 0 aliphatic heterocycles. The van der Waals surface area contributed by atoms with Crippen molar-refractivity contribution >= 4 is 11.4 Å². The molecule has 2 aromatic rings. The zero-order valence-corrected chi connectivity index (χ0v) is 4.35. The van der Waals surface area contributed by atoms with Crippen LogP contribution in [0.2, 0.25) is 0 Å². The maximum atomic E-state index is 4.58. The molecule has 5 nitrogen and oxygen atoms in total. The van der Waals surface area contributed by atoms with E-state index >= 15 is 0 Å². The molecule has 0 saturated heterocycles. The third-order valence-corrected chi connectivity index (χ3v) is 0.909. The average molecular weight is 122 g/mol. The van der Waals surface area contributed by atoms with Gasteiger partial charge in [-0.05, 0) is 0 Å². The zero-order valence-electron chi connectivity index (χ0n) is 4.35. The van der Waals surface area contributed by atoms with E-state index in [1.807, 2.05) is 0 Å². The van der Waals surface area contributed by atoms with E-state index in [1.54, 1.807) is 0 Å². The largest absolute Gasteiger partial charge is 0.314 e. The maximum Gasteiger partial charge on any atom is 0.297 e. The second-order valence-corrected chi connectivity index (χ2v) is 1.46. The van der Waals surface area contributed by atoms with Crippen molar-refractivity contribution in [3.05, 3.63) is 12.4 Å². The van der Waals surface area contributed by atoms with Crippen molar-refractivity contribution in [1.29, 1.82) is 0 Å². The normalized spacial score (nSPS) is 10.2. The molecular formula is C4H2N4O. The van der Waals surface area contributed by atoms with Gasteiger partial charge in [0.25, 0.3) is 5.71 Å². The Morgan fingerprint density at radius 1 is 1.22 bits per heavy atom. The van der Waals surface area contributed by atoms with Crippen LogP contribution < -0.4 is 0 Å². The van der Waals surface area contributed by atoms with Crippen molar-refractivity contribution in [2.45, 2.75) is 0 Å². The van der Waals surface area contributed by atoms with Gasteiger partial charge in [0.1, 0.15) is 0 Å². The summed E-state index contributed by atoms with van der Waals surface area (Å²) in [4.78, 5) is 7.60. The molecule has 0 fully saturated rings. The summed E-state index contributed by atoms with van der Waals surface area (Å²) in [5, 5.41) is 6.78. The monoisotopic (exact) mass is 122 g/mol. The van der Waals surface area contributed by atoms with E-state index in [1.165, 1.54) is 12.4 Å². The number of hydrogen-bond donors (Lipinski definition) is 0. The van der Waals surface area contributed by atoms with Crippen LogP contribution in [0.25, 0.3) is 11.4 Å². The van der Waals surface area contributed by atoms with Gasteiger partial charge in [-0.25, -0.2) is 9.97 Å². The van der Waals surface area contributed by atoms with Crippen molar-refractivity contribution in [2.75, 3.05) is 0 Å². The van der Waals surface area contributed by atoms with Gasteiger partial charge in [-0.15, -0.1) is 0 Å². The number of rotatable bonds is 0. The molecule has 0 aliphatic carbocycles. The minimum Gasteiger partial charge on any atom is -0.314 e. The standard InChI is InChI=1S/C4H2N4O/c1-2-6-4-3(5-1)7-8-9-4/h1-2H. The van der Waals surface area contributed by atoms with E-state index in [0.717, 1.165) is 0 Å². The SMILES string of the molecule is c1cnc2onnc2n1. The molecule has 0 radical (unpaired) electrons. The molecule has 0 saturated carbocycles. The van der Waals surface area contributed by atoms with E-state index in [-0.39, 0.29) is 0 Å². The predicted molar refractivity (Wildman–Crippen MR) is 27.4 cm³/mol. The van der Waals surface area contributed by atoms with E-state index in [4.69, 9.17) is 0 Å². The molecule has 2 heterocycles. The van der Waals surface area contributed by atoms with Gasteiger partial charge < -0.3 is 4.52 Å². The summed E-state index contributed by atoms with van der Waals surface area (Å²) >= 11 is 0. The van der Waals surface area contributed by atoms with Gasteiger partial charge in [-0.2, -0.15) is 0 Å². The molecular weight excluding hydrogens is 120 g/mol. The Morgan fingerprint density at radius 3 is 3.00 bits per heavy atom. The lowest BCUT2D eigenvalue weighted by molar-refractivity contribution is 0.417. The van der Waals surface area contributed by atoms with Crippen molar-refractivity contribution in [3.8, 4) is 0 Å². The van der Waals surface area contributed by atoms with Crippen LogP contribution in [0.4, 0.5) is 0 Å². The summed E-state index contributed by atoms with van der Waals surface area (Å²) in [6.07, 6.45) is 3.06. The van der Waals surface area contributed by atoms with E-state index in [9.17, 15) is 0 Å². The van der Waals surface area contributed by atoms with Gasteiger partial charge in [-0.1, -0.05) is 5.10 Å². The highest BCUT2D eigenvalue weighted by Crippen LogP contribution is 1.98. The van der Waals surface area contributed by atoms with Crippen LogP contribution in [0.1, 0.15) is 0 Å². The fraction of sp³-hybridized carbons (Fsp3) is 0. The van der Waals surface area contributed by atoms with Crippen LogP contribution >= 0.6 is 0 Å². The molecule has 0 amide bonds. The lowest BCUT2D eigenvalue weighted by Gasteiger charge is -1.75. The van der Waals surface area contributed by atoms with Gasteiger partial charge in [0.05, 0.1) is 0 Å². The topological polar surface area (TPSA) is 64.7 Å². The van der Waals surface area contributed by atoms with E-state index in [2.05, 4.69) is 24.9 Å². The summed E-state index contributed by atoms with van der Waals surface area (Å²) in [5.74, 6) is 0. The molecule has 0 aromatic carbocycles. The molecule has 0 bridgehead atoms. The van der Waals surface area contributed by atoms with Crippen molar-refractivity contribution in [1.82, 2.24) is 20.3 Å². The van der Waals surface area contributed by atoms with Crippen LogP contribution in [0.15, 0.2) is 16.9 Å². The summed E-state index contributed by atoms with van der Waals surface area (Å²) < 4.78 is 4.58. The highest BCUT2D eigenvalue weighted by molar-refractivity contribution is 5.59. The third-order valence-electron chi connectivity index (χ3n) is 0.909. The van der Waals surface area contributed by atoms with E-state index in [0.29, 0.717) is 11.4 Å². The summed E-state index contributed by atoms with van der Waals surface area (Å²) in [6.45, 7) is 0. The number of aromatic nitrogens is 4. The molecule has 44 valence electrons. The molecule has 0 aliphatic rings. The fourth-order valence-corrected chi connectivity index (χ4v) is 0.549. The number of nitrogens with zero attached hydrogens (tertiary/aromatic N) is 4. The van der Waals surface area contributed by atoms with Crippen LogP contribution in [-0.2, 0) is 0 Å². The van der Waals surface area contributed by atoms with Gasteiger partial charge in [-0.3, -0.25) is 0 Å². The molecule has 9 heavy (non-hydrogen) atoms. The smallest absolute Gasteiger partial charge is 0.297 e. The molecule has 2 aromatic heterocycles. The molecule has 0 spiro atoms. The van der Waals surface area contributed by atoms with E-state index < -0.39 is 0 Å². The Kier molecular flexibility index (Phi) is 0.717. The molecule has 5 heteroatoms.